The minimum atomic E-state index is -0.407. The fraction of sp³-hybridized carbons (Fsp3) is 0.200. The first-order chi connectivity index (χ1) is 13.5. The molecule has 1 aromatic heterocycles. The molecule has 0 fully saturated rings. The average molecular weight is 413 g/mol. The van der Waals surface area contributed by atoms with Crippen LogP contribution >= 0.6 is 23.7 Å². The van der Waals surface area contributed by atoms with Gasteiger partial charge in [-0.3, -0.25) is 14.8 Å². The Morgan fingerprint density at radius 2 is 1.86 bits per heavy atom. The molecule has 0 aliphatic heterocycles. The molecule has 8 heteroatoms. The van der Waals surface area contributed by atoms with E-state index in [1.807, 2.05) is 24.5 Å². The minimum absolute atomic E-state index is 0.0529. The second kappa shape index (κ2) is 9.07. The third kappa shape index (κ3) is 4.82. The number of nitro groups is 1. The van der Waals surface area contributed by atoms with E-state index in [4.69, 9.17) is 0 Å². The number of nitrogens with one attached hydrogen (secondary N) is 1. The van der Waals surface area contributed by atoms with Crippen molar-refractivity contribution in [3.05, 3.63) is 70.3 Å². The van der Waals surface area contributed by atoms with Gasteiger partial charge >= 0.3 is 0 Å². The summed E-state index contributed by atoms with van der Waals surface area (Å²) in [5.74, 6) is 0.844. The summed E-state index contributed by atoms with van der Waals surface area (Å²) in [6, 6.07) is 16.7. The van der Waals surface area contributed by atoms with Crippen LogP contribution in [0.2, 0.25) is 0 Å². The summed E-state index contributed by atoms with van der Waals surface area (Å²) in [7, 11) is 0. The van der Waals surface area contributed by atoms with Gasteiger partial charge in [0.15, 0.2) is 0 Å². The van der Waals surface area contributed by atoms with Crippen LogP contribution in [0.25, 0.3) is 11.3 Å². The van der Waals surface area contributed by atoms with Gasteiger partial charge in [-0.05, 0) is 41.8 Å². The molecule has 0 bridgehead atoms. The number of nitrogens with zero attached hydrogens (tertiary/aromatic N) is 3. The van der Waals surface area contributed by atoms with Crippen molar-refractivity contribution in [3.63, 3.8) is 0 Å². The summed E-state index contributed by atoms with van der Waals surface area (Å²) < 4.78 is 3.12. The Labute approximate surface area is 172 Å². The molecule has 3 aromatic rings. The Morgan fingerprint density at radius 3 is 2.57 bits per heavy atom. The molecule has 2 aromatic carbocycles. The predicted octanol–water partition coefficient (Wildman–Crippen LogP) is 6.02. The fourth-order valence-corrected chi connectivity index (χ4v) is 3.75. The molecular weight excluding hydrogens is 392 g/mol. The maximum absolute atomic E-state index is 10.9. The third-order valence-electron chi connectivity index (χ3n) is 4.06. The van der Waals surface area contributed by atoms with Crippen LogP contribution in [-0.4, -0.2) is 21.1 Å². The van der Waals surface area contributed by atoms with Gasteiger partial charge in [0.1, 0.15) is 5.03 Å². The highest BCUT2D eigenvalue weighted by Crippen LogP contribution is 2.31. The lowest BCUT2D eigenvalue weighted by Crippen LogP contribution is -2.00. The van der Waals surface area contributed by atoms with Gasteiger partial charge < -0.3 is 0 Å². The summed E-state index contributed by atoms with van der Waals surface area (Å²) in [5, 5.41) is 11.8. The number of nitro benzene ring substituents is 1. The van der Waals surface area contributed by atoms with Crippen LogP contribution in [0.3, 0.4) is 0 Å². The number of non-ortho nitro benzene ring substituents is 1. The van der Waals surface area contributed by atoms with Gasteiger partial charge in [-0.15, -0.1) is 11.8 Å². The standard InChI is InChI=1S/C20H20N4O2S2/c1-13(2)16-9-4-5-10-17(16)18-12-19(27-3)22-20(21-18)23-28-15-8-6-7-14(11-15)24(25)26/h4-13H,1-3H3,(H,21,22,23). The molecule has 0 aliphatic rings. The van der Waals surface area contributed by atoms with Crippen molar-refractivity contribution in [1.82, 2.24) is 9.97 Å². The number of benzene rings is 2. The zero-order valence-corrected chi connectivity index (χ0v) is 17.4. The Hall–Kier alpha value is -2.58. The first-order valence-electron chi connectivity index (χ1n) is 8.67. The SMILES string of the molecule is CSc1cc(-c2ccccc2C(C)C)nc(NSc2cccc([N+](=O)[O-])c2)n1. The lowest BCUT2D eigenvalue weighted by molar-refractivity contribution is -0.385. The van der Waals surface area contributed by atoms with Crippen LogP contribution in [0.1, 0.15) is 25.3 Å². The summed E-state index contributed by atoms with van der Waals surface area (Å²) >= 11 is 2.79. The molecule has 0 saturated carbocycles. The number of thioether (sulfide) groups is 1. The fourth-order valence-electron chi connectivity index (χ4n) is 2.71. The van der Waals surface area contributed by atoms with Crippen molar-refractivity contribution in [2.24, 2.45) is 0 Å². The topological polar surface area (TPSA) is 81.0 Å². The van der Waals surface area contributed by atoms with E-state index in [2.05, 4.69) is 40.7 Å². The van der Waals surface area contributed by atoms with Gasteiger partial charge in [-0.2, -0.15) is 0 Å². The largest absolute Gasteiger partial charge is 0.294 e. The van der Waals surface area contributed by atoms with Crippen molar-refractivity contribution in [3.8, 4) is 11.3 Å². The summed E-state index contributed by atoms with van der Waals surface area (Å²) in [5.41, 5.74) is 3.21. The molecule has 1 N–H and O–H groups in total. The van der Waals surface area contributed by atoms with E-state index in [0.29, 0.717) is 11.9 Å². The van der Waals surface area contributed by atoms with Crippen LogP contribution in [0.5, 0.6) is 0 Å². The van der Waals surface area contributed by atoms with Crippen molar-refractivity contribution in [2.75, 3.05) is 11.0 Å². The van der Waals surface area contributed by atoms with E-state index in [-0.39, 0.29) is 5.69 Å². The van der Waals surface area contributed by atoms with Crippen LogP contribution in [0.15, 0.2) is 64.5 Å². The zero-order valence-electron chi connectivity index (χ0n) is 15.7. The van der Waals surface area contributed by atoms with Gasteiger partial charge in [-0.25, -0.2) is 9.97 Å². The minimum Gasteiger partial charge on any atom is -0.294 e. The van der Waals surface area contributed by atoms with Gasteiger partial charge in [0, 0.05) is 22.6 Å². The molecule has 0 radical (unpaired) electrons. The second-order valence-electron chi connectivity index (χ2n) is 6.32. The Balaban J connectivity index is 1.90. The maximum Gasteiger partial charge on any atom is 0.270 e. The van der Waals surface area contributed by atoms with E-state index in [9.17, 15) is 10.1 Å². The summed E-state index contributed by atoms with van der Waals surface area (Å²) in [6.07, 6.45) is 1.97. The first-order valence-corrected chi connectivity index (χ1v) is 10.7. The van der Waals surface area contributed by atoms with Crippen LogP contribution < -0.4 is 4.72 Å². The van der Waals surface area contributed by atoms with Gasteiger partial charge in [0.05, 0.1) is 10.6 Å². The number of hydrogen-bond donors (Lipinski definition) is 1. The quantitative estimate of drug-likeness (QED) is 0.167. The van der Waals surface area contributed by atoms with E-state index in [1.54, 1.807) is 23.9 Å². The van der Waals surface area contributed by atoms with E-state index in [0.717, 1.165) is 21.2 Å². The molecule has 0 atom stereocenters. The molecular formula is C20H20N4O2S2. The molecule has 6 nitrogen and oxygen atoms in total. The molecule has 28 heavy (non-hydrogen) atoms. The highest BCUT2D eigenvalue weighted by Gasteiger charge is 2.13. The smallest absolute Gasteiger partial charge is 0.270 e. The van der Waals surface area contributed by atoms with Crippen LogP contribution in [0, 0.1) is 10.1 Å². The normalized spacial score (nSPS) is 10.9. The number of hydrogen-bond acceptors (Lipinski definition) is 7. The van der Waals surface area contributed by atoms with E-state index in [1.165, 1.54) is 29.6 Å². The second-order valence-corrected chi connectivity index (χ2v) is 8.03. The molecule has 0 aliphatic carbocycles. The summed E-state index contributed by atoms with van der Waals surface area (Å²) in [4.78, 5) is 20.4. The molecule has 0 amide bonds. The lowest BCUT2D eigenvalue weighted by Gasteiger charge is -2.14. The van der Waals surface area contributed by atoms with Gasteiger partial charge in [0.25, 0.3) is 5.69 Å². The lowest BCUT2D eigenvalue weighted by atomic mass is 9.95. The predicted molar refractivity (Wildman–Crippen MR) is 116 cm³/mol. The van der Waals surface area contributed by atoms with Crippen molar-refractivity contribution in [1.29, 1.82) is 0 Å². The highest BCUT2D eigenvalue weighted by molar-refractivity contribution is 8.00. The molecule has 3 rings (SSSR count). The molecule has 0 saturated heterocycles. The molecule has 0 unspecified atom stereocenters. The molecule has 0 spiro atoms. The Bertz CT molecular complexity index is 995. The van der Waals surface area contributed by atoms with Gasteiger partial charge in [0.2, 0.25) is 5.95 Å². The highest BCUT2D eigenvalue weighted by atomic mass is 32.2. The molecule has 1 heterocycles. The Kier molecular flexibility index (Phi) is 6.53. The molecule has 144 valence electrons. The third-order valence-corrected chi connectivity index (χ3v) is 5.46. The van der Waals surface area contributed by atoms with Crippen molar-refractivity contribution in [2.45, 2.75) is 29.7 Å². The van der Waals surface area contributed by atoms with Crippen molar-refractivity contribution < 1.29 is 4.92 Å². The maximum atomic E-state index is 10.9. The number of aromatic nitrogens is 2. The van der Waals surface area contributed by atoms with Gasteiger partial charge in [-0.1, -0.05) is 44.2 Å². The number of anilines is 1. The average Bonchev–Trinajstić information content (AvgIpc) is 2.72. The Morgan fingerprint density at radius 1 is 1.07 bits per heavy atom. The summed E-state index contributed by atoms with van der Waals surface area (Å²) in [6.45, 7) is 4.32. The van der Waals surface area contributed by atoms with Crippen molar-refractivity contribution >= 4 is 35.3 Å². The number of rotatable bonds is 7. The van der Waals surface area contributed by atoms with E-state index >= 15 is 0 Å². The van der Waals surface area contributed by atoms with Crippen LogP contribution in [0.4, 0.5) is 11.6 Å². The van der Waals surface area contributed by atoms with Crippen LogP contribution in [-0.2, 0) is 0 Å². The first kappa shape index (κ1) is 20.2. The zero-order chi connectivity index (χ0) is 20.1. The van der Waals surface area contributed by atoms with E-state index < -0.39 is 4.92 Å². The monoisotopic (exact) mass is 412 g/mol.